The molecule has 0 saturated carbocycles. The van der Waals surface area contributed by atoms with Crippen LogP contribution in [0.5, 0.6) is 0 Å². The van der Waals surface area contributed by atoms with Crippen molar-refractivity contribution in [3.63, 3.8) is 0 Å². The fourth-order valence-corrected chi connectivity index (χ4v) is 3.82. The van der Waals surface area contributed by atoms with E-state index in [0.29, 0.717) is 19.5 Å². The molecule has 5 aromatic rings. The van der Waals surface area contributed by atoms with Crippen LogP contribution in [0.4, 0.5) is 0 Å². The van der Waals surface area contributed by atoms with Gasteiger partial charge in [-0.2, -0.15) is 0 Å². The van der Waals surface area contributed by atoms with Crippen molar-refractivity contribution in [3.8, 4) is 0 Å². The number of nitrogens with one attached hydrogen (secondary N) is 1. The number of benzene rings is 3. The first-order valence-corrected chi connectivity index (χ1v) is 10.1. The lowest BCUT2D eigenvalue weighted by molar-refractivity contribution is -0.121. The molecule has 0 fully saturated rings. The zero-order chi connectivity index (χ0) is 20.5. The zero-order valence-corrected chi connectivity index (χ0v) is 16.8. The minimum absolute atomic E-state index is 0.0234. The largest absolute Gasteiger partial charge is 0.352 e. The minimum Gasteiger partial charge on any atom is -0.352 e. The molecule has 0 aliphatic rings. The maximum absolute atomic E-state index is 12.5. The normalized spacial score (nSPS) is 11.4. The van der Waals surface area contributed by atoms with E-state index in [9.17, 15) is 4.79 Å². The van der Waals surface area contributed by atoms with Crippen molar-refractivity contribution in [1.29, 1.82) is 0 Å². The van der Waals surface area contributed by atoms with E-state index in [2.05, 4.69) is 41.1 Å². The Bertz CT molecular complexity index is 1370. The molecule has 30 heavy (non-hydrogen) atoms. The third-order valence-corrected chi connectivity index (χ3v) is 5.43. The third kappa shape index (κ3) is 3.39. The molecule has 1 N–H and O–H groups in total. The second-order valence-electron chi connectivity index (χ2n) is 7.57. The Balaban J connectivity index is 1.42. The molecular weight excluding hydrogens is 372 g/mol. The van der Waals surface area contributed by atoms with E-state index in [0.717, 1.165) is 38.7 Å². The van der Waals surface area contributed by atoms with Crippen molar-refractivity contribution < 1.29 is 4.79 Å². The molecule has 0 aliphatic carbocycles. The van der Waals surface area contributed by atoms with Gasteiger partial charge in [-0.1, -0.05) is 60.2 Å². The summed E-state index contributed by atoms with van der Waals surface area (Å²) >= 11 is 0. The summed E-state index contributed by atoms with van der Waals surface area (Å²) in [7, 11) is 0. The van der Waals surface area contributed by atoms with Gasteiger partial charge in [-0.15, -0.1) is 0 Å². The first-order valence-electron chi connectivity index (χ1n) is 10.1. The lowest BCUT2D eigenvalue weighted by atomic mass is 10.1. The van der Waals surface area contributed by atoms with Crippen LogP contribution in [0.1, 0.15) is 17.5 Å². The second-order valence-corrected chi connectivity index (χ2v) is 7.57. The van der Waals surface area contributed by atoms with Gasteiger partial charge in [0, 0.05) is 24.9 Å². The molecule has 5 heteroatoms. The summed E-state index contributed by atoms with van der Waals surface area (Å²) in [5, 5.41) is 4.08. The molecule has 3 aromatic carbocycles. The van der Waals surface area contributed by atoms with Crippen LogP contribution in [0.15, 0.2) is 72.8 Å². The maximum Gasteiger partial charge on any atom is 0.222 e. The SMILES string of the molecule is Cc1ccc(CNC(=O)CCn2c3ccccc3c3nc4ccccc4nc32)cc1. The van der Waals surface area contributed by atoms with Crippen LogP contribution in [0.3, 0.4) is 0 Å². The maximum atomic E-state index is 12.5. The number of aromatic nitrogens is 3. The number of nitrogens with zero attached hydrogens (tertiary/aromatic N) is 3. The minimum atomic E-state index is 0.0234. The number of rotatable bonds is 5. The standard InChI is InChI=1S/C25H22N4O/c1-17-10-12-18(13-11-17)16-26-23(30)14-15-29-22-9-5-2-6-19(22)24-25(29)28-21-8-4-3-7-20(21)27-24/h2-13H,14-16H2,1H3,(H,26,30). The van der Waals surface area contributed by atoms with E-state index in [1.54, 1.807) is 0 Å². The average Bonchev–Trinajstić information content (AvgIpc) is 3.08. The van der Waals surface area contributed by atoms with Gasteiger partial charge in [0.25, 0.3) is 0 Å². The topological polar surface area (TPSA) is 59.8 Å². The molecule has 0 atom stereocenters. The zero-order valence-electron chi connectivity index (χ0n) is 16.8. The average molecular weight is 394 g/mol. The van der Waals surface area contributed by atoms with E-state index in [1.165, 1.54) is 5.56 Å². The van der Waals surface area contributed by atoms with Crippen LogP contribution < -0.4 is 5.32 Å². The van der Waals surface area contributed by atoms with Crippen molar-refractivity contribution in [1.82, 2.24) is 19.9 Å². The molecule has 2 aromatic heterocycles. The third-order valence-electron chi connectivity index (χ3n) is 5.43. The summed E-state index contributed by atoms with van der Waals surface area (Å²) in [6.45, 7) is 3.15. The molecule has 0 saturated heterocycles. The molecule has 0 radical (unpaired) electrons. The molecule has 0 aliphatic heterocycles. The van der Waals surface area contributed by atoms with Crippen molar-refractivity contribution in [2.24, 2.45) is 0 Å². The summed E-state index contributed by atoms with van der Waals surface area (Å²) in [4.78, 5) is 22.2. The summed E-state index contributed by atoms with van der Waals surface area (Å²) < 4.78 is 2.11. The molecule has 2 heterocycles. The van der Waals surface area contributed by atoms with Crippen LogP contribution in [0.2, 0.25) is 0 Å². The van der Waals surface area contributed by atoms with Crippen molar-refractivity contribution in [3.05, 3.63) is 83.9 Å². The van der Waals surface area contributed by atoms with E-state index < -0.39 is 0 Å². The van der Waals surface area contributed by atoms with E-state index in [1.807, 2.05) is 48.5 Å². The molecule has 0 unspecified atom stereocenters. The number of amides is 1. The van der Waals surface area contributed by atoms with E-state index in [4.69, 9.17) is 9.97 Å². The molecule has 0 bridgehead atoms. The lowest BCUT2D eigenvalue weighted by Gasteiger charge is -2.09. The smallest absolute Gasteiger partial charge is 0.222 e. The molecule has 1 amide bonds. The summed E-state index contributed by atoms with van der Waals surface area (Å²) in [6, 6.07) is 24.2. The highest BCUT2D eigenvalue weighted by Crippen LogP contribution is 2.28. The van der Waals surface area contributed by atoms with Gasteiger partial charge in [-0.05, 0) is 30.7 Å². The van der Waals surface area contributed by atoms with Gasteiger partial charge < -0.3 is 9.88 Å². The summed E-state index contributed by atoms with van der Waals surface area (Å²) in [5.74, 6) is 0.0234. The summed E-state index contributed by atoms with van der Waals surface area (Å²) in [6.07, 6.45) is 0.383. The first kappa shape index (κ1) is 18.3. The van der Waals surface area contributed by atoms with Gasteiger partial charge in [0.2, 0.25) is 5.91 Å². The van der Waals surface area contributed by atoms with Crippen molar-refractivity contribution >= 4 is 39.0 Å². The van der Waals surface area contributed by atoms with Gasteiger partial charge in [0.15, 0.2) is 5.65 Å². The van der Waals surface area contributed by atoms with Crippen LogP contribution in [0.25, 0.3) is 33.1 Å². The first-order chi connectivity index (χ1) is 14.7. The highest BCUT2D eigenvalue weighted by Gasteiger charge is 2.15. The van der Waals surface area contributed by atoms with Crippen LogP contribution in [-0.4, -0.2) is 20.4 Å². The van der Waals surface area contributed by atoms with Gasteiger partial charge in [0.1, 0.15) is 5.52 Å². The fraction of sp³-hybridized carbons (Fsp3) is 0.160. The molecule has 5 rings (SSSR count). The van der Waals surface area contributed by atoms with Crippen LogP contribution in [0, 0.1) is 6.92 Å². The van der Waals surface area contributed by atoms with Crippen molar-refractivity contribution in [2.45, 2.75) is 26.4 Å². The predicted octanol–water partition coefficient (Wildman–Crippen LogP) is 4.75. The monoisotopic (exact) mass is 394 g/mol. The number of para-hydroxylation sites is 3. The van der Waals surface area contributed by atoms with Gasteiger partial charge in [0.05, 0.1) is 16.6 Å². The molecule has 0 spiro atoms. The van der Waals surface area contributed by atoms with Crippen LogP contribution in [-0.2, 0) is 17.9 Å². The number of aryl methyl sites for hydroxylation is 2. The Labute approximate surface area is 174 Å². The Hall–Kier alpha value is -3.73. The van der Waals surface area contributed by atoms with Gasteiger partial charge in [-0.25, -0.2) is 9.97 Å². The second kappa shape index (κ2) is 7.59. The lowest BCUT2D eigenvalue weighted by Crippen LogP contribution is -2.23. The molecular formula is C25H22N4O. The fourth-order valence-electron chi connectivity index (χ4n) is 3.82. The van der Waals surface area contributed by atoms with Crippen molar-refractivity contribution in [2.75, 3.05) is 0 Å². The Kier molecular flexibility index (Phi) is 4.64. The Morgan fingerprint density at radius 2 is 1.60 bits per heavy atom. The van der Waals surface area contributed by atoms with Gasteiger partial charge >= 0.3 is 0 Å². The molecule has 148 valence electrons. The highest BCUT2D eigenvalue weighted by molar-refractivity contribution is 6.06. The van der Waals surface area contributed by atoms with Gasteiger partial charge in [-0.3, -0.25) is 4.79 Å². The Morgan fingerprint density at radius 3 is 2.40 bits per heavy atom. The number of carbonyl (C=O) groups is 1. The number of hydrogen-bond donors (Lipinski definition) is 1. The van der Waals surface area contributed by atoms with Crippen LogP contribution >= 0.6 is 0 Å². The Morgan fingerprint density at radius 1 is 0.900 bits per heavy atom. The quantitative estimate of drug-likeness (QED) is 0.468. The van der Waals surface area contributed by atoms with E-state index >= 15 is 0 Å². The number of fused-ring (bicyclic) bond motifs is 4. The number of carbonyl (C=O) groups excluding carboxylic acids is 1. The summed E-state index contributed by atoms with van der Waals surface area (Å²) in [5.41, 5.74) is 6.80. The highest BCUT2D eigenvalue weighted by atomic mass is 16.1. The predicted molar refractivity (Wildman–Crippen MR) is 120 cm³/mol. The molecule has 5 nitrogen and oxygen atoms in total. The van der Waals surface area contributed by atoms with E-state index in [-0.39, 0.29) is 5.91 Å². The number of hydrogen-bond acceptors (Lipinski definition) is 3.